The van der Waals surface area contributed by atoms with Crippen LogP contribution in [0.1, 0.15) is 25.8 Å². The summed E-state index contributed by atoms with van der Waals surface area (Å²) in [6, 6.07) is 10.4. The molecule has 0 spiro atoms. The number of aromatic nitrogens is 1. The van der Waals surface area contributed by atoms with Crippen molar-refractivity contribution in [2.45, 2.75) is 27.2 Å². The largest absolute Gasteiger partial charge is 0.381 e. The number of nitrogens with one attached hydrogen (secondary N) is 1. The molecule has 20 heavy (non-hydrogen) atoms. The molecule has 1 N–H and O–H groups in total. The van der Waals surface area contributed by atoms with E-state index in [1.54, 1.807) is 0 Å². The Bertz CT molecular complexity index is 552. The van der Waals surface area contributed by atoms with Crippen molar-refractivity contribution in [2.24, 2.45) is 5.92 Å². The van der Waals surface area contributed by atoms with Crippen molar-refractivity contribution in [2.75, 3.05) is 25.1 Å². The van der Waals surface area contributed by atoms with E-state index in [1.807, 2.05) is 18.2 Å². The van der Waals surface area contributed by atoms with E-state index < -0.39 is 0 Å². The Kier molecular flexibility index (Phi) is 5.36. The van der Waals surface area contributed by atoms with Crippen LogP contribution in [0.5, 0.6) is 0 Å². The van der Waals surface area contributed by atoms with Gasteiger partial charge in [0, 0.05) is 25.1 Å². The Morgan fingerprint density at radius 1 is 1.25 bits per heavy atom. The molecule has 2 rings (SSSR count). The monoisotopic (exact) mass is 272 g/mol. The average molecular weight is 272 g/mol. The summed E-state index contributed by atoms with van der Waals surface area (Å²) < 4.78 is 5.57. The number of benzene rings is 1. The lowest BCUT2D eigenvalue weighted by atomic mass is 10.1. The second kappa shape index (κ2) is 7.25. The van der Waals surface area contributed by atoms with E-state index in [0.717, 1.165) is 37.5 Å². The van der Waals surface area contributed by atoms with Crippen LogP contribution in [0.15, 0.2) is 30.3 Å². The molecule has 0 aliphatic rings. The Hall–Kier alpha value is -1.61. The summed E-state index contributed by atoms with van der Waals surface area (Å²) in [5.41, 5.74) is 2.23. The molecular formula is C17H24N2O. The molecule has 0 amide bonds. The van der Waals surface area contributed by atoms with Gasteiger partial charge in [-0.2, -0.15) is 0 Å². The van der Waals surface area contributed by atoms with Gasteiger partial charge in [0.2, 0.25) is 0 Å². The number of fused-ring (bicyclic) bond motifs is 1. The highest BCUT2D eigenvalue weighted by atomic mass is 16.5. The molecule has 3 nitrogen and oxygen atoms in total. The van der Waals surface area contributed by atoms with Crippen molar-refractivity contribution in [1.82, 2.24) is 4.98 Å². The van der Waals surface area contributed by atoms with E-state index in [-0.39, 0.29) is 0 Å². The Labute approximate surface area is 121 Å². The molecule has 0 saturated heterocycles. The topological polar surface area (TPSA) is 34.2 Å². The molecule has 3 heteroatoms. The minimum Gasteiger partial charge on any atom is -0.381 e. The Morgan fingerprint density at radius 3 is 2.85 bits per heavy atom. The zero-order valence-corrected chi connectivity index (χ0v) is 12.6. The zero-order chi connectivity index (χ0) is 14.4. The van der Waals surface area contributed by atoms with Crippen molar-refractivity contribution < 1.29 is 4.74 Å². The molecule has 108 valence electrons. The fourth-order valence-electron chi connectivity index (χ4n) is 2.10. The molecule has 0 bridgehead atoms. The van der Waals surface area contributed by atoms with Crippen molar-refractivity contribution in [3.05, 3.63) is 35.9 Å². The van der Waals surface area contributed by atoms with E-state index in [9.17, 15) is 0 Å². The third-order valence-electron chi connectivity index (χ3n) is 3.12. The Balaban J connectivity index is 1.85. The molecule has 0 aliphatic carbocycles. The molecule has 0 atom stereocenters. The molecule has 1 aromatic heterocycles. The lowest BCUT2D eigenvalue weighted by molar-refractivity contribution is 0.110. The van der Waals surface area contributed by atoms with Gasteiger partial charge in [-0.3, -0.25) is 0 Å². The predicted octanol–water partition coefficient (Wildman–Crippen LogP) is 4.02. The molecule has 0 aliphatic heterocycles. The van der Waals surface area contributed by atoms with Crippen LogP contribution in [-0.2, 0) is 4.74 Å². The first-order valence-corrected chi connectivity index (χ1v) is 7.35. The van der Waals surface area contributed by atoms with E-state index in [4.69, 9.17) is 4.74 Å². The van der Waals surface area contributed by atoms with Crippen LogP contribution in [0.3, 0.4) is 0 Å². The molecule has 0 saturated carbocycles. The van der Waals surface area contributed by atoms with Crippen molar-refractivity contribution >= 4 is 16.7 Å². The first kappa shape index (κ1) is 14.8. The maximum absolute atomic E-state index is 5.57. The van der Waals surface area contributed by atoms with Crippen LogP contribution in [0.4, 0.5) is 5.82 Å². The smallest absolute Gasteiger partial charge is 0.129 e. The standard InChI is InChI=1S/C17H24N2O/c1-13(2)12-20-10-6-9-18-17-14(3)11-15-7-4-5-8-16(15)19-17/h4-5,7-8,11,13H,6,9-10,12H2,1-3H3,(H,18,19). The van der Waals surface area contributed by atoms with Gasteiger partial charge >= 0.3 is 0 Å². The van der Waals surface area contributed by atoms with Gasteiger partial charge in [0.15, 0.2) is 0 Å². The summed E-state index contributed by atoms with van der Waals surface area (Å²) in [6.45, 7) is 8.97. The van der Waals surface area contributed by atoms with E-state index in [0.29, 0.717) is 5.92 Å². The maximum Gasteiger partial charge on any atom is 0.129 e. The van der Waals surface area contributed by atoms with Gasteiger partial charge in [-0.05, 0) is 37.0 Å². The van der Waals surface area contributed by atoms with E-state index in [2.05, 4.69) is 43.2 Å². The lowest BCUT2D eigenvalue weighted by Gasteiger charge is -2.11. The van der Waals surface area contributed by atoms with Gasteiger partial charge in [-0.25, -0.2) is 4.98 Å². The minimum absolute atomic E-state index is 0.604. The summed E-state index contributed by atoms with van der Waals surface area (Å²) >= 11 is 0. The average Bonchev–Trinajstić information content (AvgIpc) is 2.42. The van der Waals surface area contributed by atoms with Crippen LogP contribution in [-0.4, -0.2) is 24.7 Å². The number of hydrogen-bond acceptors (Lipinski definition) is 3. The third kappa shape index (κ3) is 4.20. The quantitative estimate of drug-likeness (QED) is 0.773. The minimum atomic E-state index is 0.604. The number of anilines is 1. The van der Waals surface area contributed by atoms with Gasteiger partial charge in [-0.1, -0.05) is 32.0 Å². The summed E-state index contributed by atoms with van der Waals surface area (Å²) in [7, 11) is 0. The highest BCUT2D eigenvalue weighted by Crippen LogP contribution is 2.19. The highest BCUT2D eigenvalue weighted by molar-refractivity contribution is 5.81. The van der Waals surface area contributed by atoms with E-state index >= 15 is 0 Å². The molecule has 2 aromatic rings. The van der Waals surface area contributed by atoms with Crippen molar-refractivity contribution in [1.29, 1.82) is 0 Å². The fourth-order valence-corrected chi connectivity index (χ4v) is 2.10. The van der Waals surface area contributed by atoms with Crippen LogP contribution < -0.4 is 5.32 Å². The van der Waals surface area contributed by atoms with Crippen molar-refractivity contribution in [3.63, 3.8) is 0 Å². The molecule has 1 aromatic carbocycles. The van der Waals surface area contributed by atoms with Gasteiger partial charge in [0.05, 0.1) is 5.52 Å². The first-order valence-electron chi connectivity index (χ1n) is 7.35. The number of pyridine rings is 1. The molecular weight excluding hydrogens is 248 g/mol. The second-order valence-corrected chi connectivity index (χ2v) is 5.60. The van der Waals surface area contributed by atoms with Crippen LogP contribution in [0, 0.1) is 12.8 Å². The molecule has 0 radical (unpaired) electrons. The molecule has 0 fully saturated rings. The van der Waals surface area contributed by atoms with Gasteiger partial charge in [0.1, 0.15) is 5.82 Å². The number of aryl methyl sites for hydroxylation is 1. The molecule has 1 heterocycles. The number of para-hydroxylation sites is 1. The van der Waals surface area contributed by atoms with E-state index in [1.165, 1.54) is 10.9 Å². The molecule has 0 unspecified atom stereocenters. The summed E-state index contributed by atoms with van der Waals surface area (Å²) in [4.78, 5) is 4.67. The number of hydrogen-bond donors (Lipinski definition) is 1. The van der Waals surface area contributed by atoms with Gasteiger partial charge in [0.25, 0.3) is 0 Å². The zero-order valence-electron chi connectivity index (χ0n) is 12.6. The summed E-state index contributed by atoms with van der Waals surface area (Å²) in [5, 5.41) is 4.59. The number of nitrogens with zero attached hydrogens (tertiary/aromatic N) is 1. The van der Waals surface area contributed by atoms with Crippen LogP contribution >= 0.6 is 0 Å². The normalized spacial score (nSPS) is 11.2. The first-order chi connectivity index (χ1) is 9.66. The fraction of sp³-hybridized carbons (Fsp3) is 0.471. The third-order valence-corrected chi connectivity index (χ3v) is 3.12. The summed E-state index contributed by atoms with van der Waals surface area (Å²) in [6.07, 6.45) is 1.00. The number of rotatable bonds is 7. The predicted molar refractivity (Wildman–Crippen MR) is 85.2 cm³/mol. The highest BCUT2D eigenvalue weighted by Gasteiger charge is 2.02. The van der Waals surface area contributed by atoms with Crippen LogP contribution in [0.2, 0.25) is 0 Å². The van der Waals surface area contributed by atoms with Gasteiger partial charge < -0.3 is 10.1 Å². The maximum atomic E-state index is 5.57. The number of ether oxygens (including phenoxy) is 1. The SMILES string of the molecule is Cc1cc2ccccc2nc1NCCCOCC(C)C. The van der Waals surface area contributed by atoms with Crippen LogP contribution in [0.25, 0.3) is 10.9 Å². The van der Waals surface area contributed by atoms with Gasteiger partial charge in [-0.15, -0.1) is 0 Å². The Morgan fingerprint density at radius 2 is 2.05 bits per heavy atom. The van der Waals surface area contributed by atoms with Crippen molar-refractivity contribution in [3.8, 4) is 0 Å². The lowest BCUT2D eigenvalue weighted by Crippen LogP contribution is -2.10. The summed E-state index contributed by atoms with van der Waals surface area (Å²) in [5.74, 6) is 1.58. The second-order valence-electron chi connectivity index (χ2n) is 5.60.